The van der Waals surface area contributed by atoms with Gasteiger partial charge in [0.05, 0.1) is 13.2 Å². The van der Waals surface area contributed by atoms with Crippen molar-refractivity contribution < 1.29 is 14.3 Å². The van der Waals surface area contributed by atoms with E-state index in [1.807, 2.05) is 42.2 Å². The Kier molecular flexibility index (Phi) is 8.32. The van der Waals surface area contributed by atoms with Gasteiger partial charge in [-0.25, -0.2) is 0 Å². The largest absolute Gasteiger partial charge is 0.494 e. The van der Waals surface area contributed by atoms with Crippen molar-refractivity contribution in [2.75, 3.05) is 53.0 Å². The fraction of sp³-hybridized carbons (Fsp3) is 0.542. The molecule has 0 N–H and O–H groups in total. The normalized spacial score (nSPS) is 14.8. The molecule has 0 aliphatic carbocycles. The van der Waals surface area contributed by atoms with Crippen LogP contribution in [0.25, 0.3) is 10.8 Å². The molecule has 2 aromatic carbocycles. The molecule has 29 heavy (non-hydrogen) atoms. The van der Waals surface area contributed by atoms with Crippen molar-refractivity contribution in [3.05, 3.63) is 42.0 Å². The number of hydrogen-bond donors (Lipinski definition) is 0. The maximum absolute atomic E-state index is 12.7. The summed E-state index contributed by atoms with van der Waals surface area (Å²) in [6, 6.07) is 12.0. The summed E-state index contributed by atoms with van der Waals surface area (Å²) in [5.74, 6) is 0.940. The number of hydrogen-bond acceptors (Lipinski definition) is 4. The van der Waals surface area contributed by atoms with E-state index in [0.29, 0.717) is 25.3 Å². The van der Waals surface area contributed by atoms with Crippen LogP contribution in [0.15, 0.2) is 36.4 Å². The molecule has 1 heterocycles. The van der Waals surface area contributed by atoms with Gasteiger partial charge >= 0.3 is 0 Å². The number of piperidine rings is 1. The molecule has 5 nitrogen and oxygen atoms in total. The topological polar surface area (TPSA) is 42.0 Å². The molecule has 158 valence electrons. The van der Waals surface area contributed by atoms with Gasteiger partial charge in [0.25, 0.3) is 5.91 Å². The van der Waals surface area contributed by atoms with E-state index in [-0.39, 0.29) is 5.91 Å². The van der Waals surface area contributed by atoms with Crippen LogP contribution < -0.4 is 4.74 Å². The Labute approximate surface area is 174 Å². The maximum atomic E-state index is 12.7. The molecular weight excluding hydrogens is 364 g/mol. The number of rotatable bonds is 10. The zero-order valence-electron chi connectivity index (χ0n) is 17.9. The van der Waals surface area contributed by atoms with Crippen LogP contribution in [0.4, 0.5) is 0 Å². The van der Waals surface area contributed by atoms with Gasteiger partial charge in [0.1, 0.15) is 5.75 Å². The summed E-state index contributed by atoms with van der Waals surface area (Å²) in [5, 5.41) is 2.15. The van der Waals surface area contributed by atoms with E-state index in [1.54, 1.807) is 7.11 Å². The molecular formula is C24H34N2O3. The number of fused-ring (bicyclic) bond motifs is 1. The third kappa shape index (κ3) is 6.18. The van der Waals surface area contributed by atoms with Crippen LogP contribution in [0, 0.1) is 0 Å². The SMILES string of the molecule is CCN(CCOC)C(=O)c1ccc2cc(OCCCN3CCCCC3)ccc2c1. The first-order valence-corrected chi connectivity index (χ1v) is 10.9. The van der Waals surface area contributed by atoms with Crippen LogP contribution in [-0.4, -0.2) is 68.8 Å². The maximum Gasteiger partial charge on any atom is 0.253 e. The molecule has 0 atom stereocenters. The molecule has 0 bridgehead atoms. The Morgan fingerprint density at radius 3 is 2.55 bits per heavy atom. The first-order valence-electron chi connectivity index (χ1n) is 10.9. The third-order valence-corrected chi connectivity index (χ3v) is 5.63. The number of ether oxygens (including phenoxy) is 2. The highest BCUT2D eigenvalue weighted by Crippen LogP contribution is 2.23. The summed E-state index contributed by atoms with van der Waals surface area (Å²) >= 11 is 0. The Hall–Kier alpha value is -2.11. The quantitative estimate of drug-likeness (QED) is 0.563. The van der Waals surface area contributed by atoms with Crippen molar-refractivity contribution in [3.63, 3.8) is 0 Å². The van der Waals surface area contributed by atoms with E-state index in [2.05, 4.69) is 11.0 Å². The summed E-state index contributed by atoms with van der Waals surface area (Å²) in [4.78, 5) is 17.1. The second kappa shape index (κ2) is 11.2. The van der Waals surface area contributed by atoms with Crippen molar-refractivity contribution >= 4 is 16.7 Å². The second-order valence-corrected chi connectivity index (χ2v) is 7.71. The predicted octanol–water partition coefficient (Wildman–Crippen LogP) is 4.20. The summed E-state index contributed by atoms with van der Waals surface area (Å²) < 4.78 is 11.1. The van der Waals surface area contributed by atoms with Gasteiger partial charge in [-0.2, -0.15) is 0 Å². The van der Waals surface area contributed by atoms with Gasteiger partial charge in [-0.05, 0) is 74.3 Å². The minimum absolute atomic E-state index is 0.0458. The molecule has 1 aliphatic rings. The molecule has 0 radical (unpaired) electrons. The van der Waals surface area contributed by atoms with Gasteiger partial charge in [0, 0.05) is 32.3 Å². The average Bonchev–Trinajstić information content (AvgIpc) is 2.77. The molecule has 1 saturated heterocycles. The van der Waals surface area contributed by atoms with Gasteiger partial charge in [-0.3, -0.25) is 4.79 Å². The second-order valence-electron chi connectivity index (χ2n) is 7.71. The molecule has 3 rings (SSSR count). The molecule has 1 amide bonds. The molecule has 5 heteroatoms. The number of nitrogens with zero attached hydrogens (tertiary/aromatic N) is 2. The highest BCUT2D eigenvalue weighted by Gasteiger charge is 2.14. The number of carbonyl (C=O) groups is 1. The van der Waals surface area contributed by atoms with E-state index < -0.39 is 0 Å². The lowest BCUT2D eigenvalue weighted by Gasteiger charge is -2.26. The van der Waals surface area contributed by atoms with Gasteiger partial charge in [0.2, 0.25) is 0 Å². The monoisotopic (exact) mass is 398 g/mol. The summed E-state index contributed by atoms with van der Waals surface area (Å²) in [5.41, 5.74) is 0.714. The Bertz CT molecular complexity index is 787. The number of carbonyl (C=O) groups excluding carboxylic acids is 1. The first kappa shape index (κ1) is 21.6. The van der Waals surface area contributed by atoms with Gasteiger partial charge in [0.15, 0.2) is 0 Å². The van der Waals surface area contributed by atoms with Crippen molar-refractivity contribution in [1.29, 1.82) is 0 Å². The van der Waals surface area contributed by atoms with Gasteiger partial charge < -0.3 is 19.3 Å². The Morgan fingerprint density at radius 2 is 1.79 bits per heavy atom. The van der Waals surface area contributed by atoms with Crippen LogP contribution in [0.3, 0.4) is 0 Å². The van der Waals surface area contributed by atoms with Crippen LogP contribution in [0.1, 0.15) is 43.0 Å². The average molecular weight is 399 g/mol. The van der Waals surface area contributed by atoms with E-state index in [1.165, 1.54) is 32.4 Å². The zero-order chi connectivity index (χ0) is 20.5. The van der Waals surface area contributed by atoms with E-state index in [0.717, 1.165) is 36.1 Å². The fourth-order valence-electron chi connectivity index (χ4n) is 3.90. The standard InChI is InChI=1S/C24H34N2O3/c1-3-26(15-17-28-2)24(27)22-9-8-21-19-23(11-10-20(21)18-22)29-16-7-14-25-12-5-4-6-13-25/h8-11,18-19H,3-7,12-17H2,1-2H3. The minimum Gasteiger partial charge on any atom is -0.494 e. The van der Waals surface area contributed by atoms with Crippen molar-refractivity contribution in [3.8, 4) is 5.75 Å². The Balaban J connectivity index is 1.56. The van der Waals surface area contributed by atoms with Crippen LogP contribution in [0.5, 0.6) is 5.75 Å². The van der Waals surface area contributed by atoms with Crippen LogP contribution in [0.2, 0.25) is 0 Å². The molecule has 1 fully saturated rings. The lowest BCUT2D eigenvalue weighted by molar-refractivity contribution is 0.0706. The molecule has 0 aromatic heterocycles. The Morgan fingerprint density at radius 1 is 1.03 bits per heavy atom. The first-order chi connectivity index (χ1) is 14.2. The zero-order valence-corrected chi connectivity index (χ0v) is 17.9. The van der Waals surface area contributed by atoms with Crippen molar-refractivity contribution in [2.45, 2.75) is 32.6 Å². The summed E-state index contributed by atoms with van der Waals surface area (Å²) in [6.45, 7) is 8.14. The number of methoxy groups -OCH3 is 1. The number of benzene rings is 2. The number of likely N-dealkylation sites (N-methyl/N-ethyl adjacent to an activating group) is 1. The smallest absolute Gasteiger partial charge is 0.253 e. The van der Waals surface area contributed by atoms with E-state index >= 15 is 0 Å². The molecule has 0 spiro atoms. The lowest BCUT2D eigenvalue weighted by atomic mass is 10.1. The highest BCUT2D eigenvalue weighted by molar-refractivity contribution is 5.98. The molecule has 2 aromatic rings. The molecule has 1 aliphatic heterocycles. The van der Waals surface area contributed by atoms with Crippen molar-refractivity contribution in [2.24, 2.45) is 0 Å². The fourth-order valence-corrected chi connectivity index (χ4v) is 3.90. The minimum atomic E-state index is 0.0458. The van der Waals surface area contributed by atoms with Crippen LogP contribution >= 0.6 is 0 Å². The van der Waals surface area contributed by atoms with E-state index in [9.17, 15) is 4.79 Å². The summed E-state index contributed by atoms with van der Waals surface area (Å²) in [7, 11) is 1.65. The summed E-state index contributed by atoms with van der Waals surface area (Å²) in [6.07, 6.45) is 5.09. The number of amides is 1. The third-order valence-electron chi connectivity index (χ3n) is 5.63. The molecule has 0 saturated carbocycles. The number of likely N-dealkylation sites (tertiary alicyclic amines) is 1. The van der Waals surface area contributed by atoms with Crippen LogP contribution in [-0.2, 0) is 4.74 Å². The van der Waals surface area contributed by atoms with Gasteiger partial charge in [-0.1, -0.05) is 18.6 Å². The van der Waals surface area contributed by atoms with E-state index in [4.69, 9.17) is 9.47 Å². The molecule has 0 unspecified atom stereocenters. The highest BCUT2D eigenvalue weighted by atomic mass is 16.5. The van der Waals surface area contributed by atoms with Crippen molar-refractivity contribution in [1.82, 2.24) is 9.80 Å². The van der Waals surface area contributed by atoms with Gasteiger partial charge in [-0.15, -0.1) is 0 Å². The lowest BCUT2D eigenvalue weighted by Crippen LogP contribution is -2.33. The predicted molar refractivity (Wildman–Crippen MR) is 118 cm³/mol.